The van der Waals surface area contributed by atoms with Crippen molar-refractivity contribution in [3.8, 4) is 11.3 Å². The van der Waals surface area contributed by atoms with Gasteiger partial charge in [-0.3, -0.25) is 0 Å². The SMILES string of the molecule is Cc1ccc(Cl)cc1Nc1cc(-c2ccccc2)nc(N[C@@H](CO)C(C)C)n1. The molecule has 0 aliphatic rings. The van der Waals surface area contributed by atoms with E-state index in [1.807, 2.05) is 75.4 Å². The number of benzene rings is 2. The zero-order valence-electron chi connectivity index (χ0n) is 16.3. The van der Waals surface area contributed by atoms with E-state index in [0.717, 1.165) is 22.5 Å². The number of aliphatic hydroxyl groups is 1. The largest absolute Gasteiger partial charge is 0.394 e. The van der Waals surface area contributed by atoms with Crippen LogP contribution in [0.3, 0.4) is 0 Å². The molecule has 0 saturated heterocycles. The molecule has 0 radical (unpaired) electrons. The van der Waals surface area contributed by atoms with Crippen LogP contribution in [-0.2, 0) is 0 Å². The van der Waals surface area contributed by atoms with E-state index < -0.39 is 0 Å². The highest BCUT2D eigenvalue weighted by molar-refractivity contribution is 6.30. The molecule has 0 spiro atoms. The molecule has 0 saturated carbocycles. The number of anilines is 3. The summed E-state index contributed by atoms with van der Waals surface area (Å²) in [6, 6.07) is 17.4. The van der Waals surface area contributed by atoms with Gasteiger partial charge < -0.3 is 15.7 Å². The van der Waals surface area contributed by atoms with Crippen LogP contribution in [0, 0.1) is 12.8 Å². The van der Waals surface area contributed by atoms with Crippen LogP contribution in [0.25, 0.3) is 11.3 Å². The molecule has 3 rings (SSSR count). The quantitative estimate of drug-likeness (QED) is 0.507. The maximum absolute atomic E-state index is 9.67. The first-order valence-corrected chi connectivity index (χ1v) is 9.69. The molecule has 0 bridgehead atoms. The van der Waals surface area contributed by atoms with Gasteiger partial charge in [-0.1, -0.05) is 61.8 Å². The van der Waals surface area contributed by atoms with Crippen LogP contribution in [0.15, 0.2) is 54.6 Å². The summed E-state index contributed by atoms with van der Waals surface area (Å²) < 4.78 is 0. The minimum absolute atomic E-state index is 0.00670. The van der Waals surface area contributed by atoms with Gasteiger partial charge in [0.15, 0.2) is 0 Å². The highest BCUT2D eigenvalue weighted by Crippen LogP contribution is 2.27. The fourth-order valence-corrected chi connectivity index (χ4v) is 2.96. The lowest BCUT2D eigenvalue weighted by molar-refractivity contribution is 0.248. The van der Waals surface area contributed by atoms with Crippen LogP contribution >= 0.6 is 11.6 Å². The van der Waals surface area contributed by atoms with Crippen molar-refractivity contribution in [1.82, 2.24) is 9.97 Å². The molecule has 28 heavy (non-hydrogen) atoms. The fraction of sp³-hybridized carbons (Fsp3) is 0.273. The van der Waals surface area contributed by atoms with E-state index in [1.165, 1.54) is 0 Å². The number of aliphatic hydroxyl groups excluding tert-OH is 1. The van der Waals surface area contributed by atoms with E-state index in [9.17, 15) is 5.11 Å². The second-order valence-electron chi connectivity index (χ2n) is 7.09. The molecule has 1 heterocycles. The third kappa shape index (κ3) is 5.00. The molecule has 0 unspecified atom stereocenters. The minimum atomic E-state index is -0.133. The van der Waals surface area contributed by atoms with Gasteiger partial charge in [-0.2, -0.15) is 4.98 Å². The monoisotopic (exact) mass is 396 g/mol. The van der Waals surface area contributed by atoms with Gasteiger partial charge in [0.25, 0.3) is 0 Å². The third-order valence-corrected chi connectivity index (χ3v) is 4.81. The number of rotatable bonds is 7. The summed E-state index contributed by atoms with van der Waals surface area (Å²) in [5.74, 6) is 1.36. The highest BCUT2D eigenvalue weighted by Gasteiger charge is 2.15. The second-order valence-corrected chi connectivity index (χ2v) is 7.53. The Hall–Kier alpha value is -2.63. The molecule has 6 heteroatoms. The van der Waals surface area contributed by atoms with Gasteiger partial charge in [-0.25, -0.2) is 4.98 Å². The lowest BCUT2D eigenvalue weighted by atomic mass is 10.1. The van der Waals surface area contributed by atoms with Gasteiger partial charge in [0.05, 0.1) is 18.3 Å². The van der Waals surface area contributed by atoms with E-state index in [4.69, 9.17) is 11.6 Å². The Morgan fingerprint density at radius 1 is 1.04 bits per heavy atom. The highest BCUT2D eigenvalue weighted by atomic mass is 35.5. The van der Waals surface area contributed by atoms with Gasteiger partial charge in [0.1, 0.15) is 5.82 Å². The lowest BCUT2D eigenvalue weighted by Crippen LogP contribution is -2.30. The Morgan fingerprint density at radius 2 is 1.79 bits per heavy atom. The molecule has 1 aromatic heterocycles. The molecule has 146 valence electrons. The van der Waals surface area contributed by atoms with Crippen molar-refractivity contribution in [3.63, 3.8) is 0 Å². The summed E-state index contributed by atoms with van der Waals surface area (Å²) >= 11 is 6.15. The van der Waals surface area contributed by atoms with Crippen molar-refractivity contribution in [3.05, 3.63) is 65.2 Å². The average Bonchev–Trinajstić information content (AvgIpc) is 2.69. The predicted molar refractivity (Wildman–Crippen MR) is 116 cm³/mol. The predicted octanol–water partition coefficient (Wildman–Crippen LogP) is 5.28. The molecular weight excluding hydrogens is 372 g/mol. The van der Waals surface area contributed by atoms with Crippen LogP contribution in [0.5, 0.6) is 0 Å². The zero-order valence-corrected chi connectivity index (χ0v) is 17.0. The van der Waals surface area contributed by atoms with Gasteiger partial charge in [0, 0.05) is 22.3 Å². The molecule has 5 nitrogen and oxygen atoms in total. The van der Waals surface area contributed by atoms with Crippen molar-refractivity contribution in [1.29, 1.82) is 0 Å². The molecule has 0 aliphatic carbocycles. The molecule has 3 N–H and O–H groups in total. The first-order chi connectivity index (χ1) is 13.5. The molecule has 0 aliphatic heterocycles. The van der Waals surface area contributed by atoms with Crippen molar-refractivity contribution in [2.24, 2.45) is 5.92 Å². The molecule has 0 amide bonds. The summed E-state index contributed by atoms with van der Waals surface area (Å²) in [5.41, 5.74) is 3.73. The minimum Gasteiger partial charge on any atom is -0.394 e. The maximum Gasteiger partial charge on any atom is 0.225 e. The molecule has 3 aromatic rings. The summed E-state index contributed by atoms with van der Waals surface area (Å²) in [4.78, 5) is 9.26. The Kier molecular flexibility index (Phi) is 6.49. The van der Waals surface area contributed by atoms with Gasteiger partial charge in [-0.15, -0.1) is 0 Å². The number of nitrogens with one attached hydrogen (secondary N) is 2. The van der Waals surface area contributed by atoms with Crippen molar-refractivity contribution in [2.45, 2.75) is 26.8 Å². The van der Waals surface area contributed by atoms with E-state index >= 15 is 0 Å². The number of nitrogens with zero attached hydrogens (tertiary/aromatic N) is 2. The Labute approximate surface area is 170 Å². The molecule has 1 atom stereocenters. The number of hydrogen-bond acceptors (Lipinski definition) is 5. The summed E-state index contributed by atoms with van der Waals surface area (Å²) in [7, 11) is 0. The Morgan fingerprint density at radius 3 is 2.46 bits per heavy atom. The average molecular weight is 397 g/mol. The van der Waals surface area contributed by atoms with E-state index in [1.54, 1.807) is 0 Å². The number of halogens is 1. The zero-order chi connectivity index (χ0) is 20.1. The molecule has 0 fully saturated rings. The Bertz CT molecular complexity index is 931. The number of aromatic nitrogens is 2. The van der Waals surface area contributed by atoms with Crippen molar-refractivity contribution >= 4 is 29.1 Å². The third-order valence-electron chi connectivity index (χ3n) is 4.57. The fourth-order valence-electron chi connectivity index (χ4n) is 2.79. The van der Waals surface area contributed by atoms with Gasteiger partial charge >= 0.3 is 0 Å². The normalized spacial score (nSPS) is 12.1. The van der Waals surface area contributed by atoms with Crippen LogP contribution in [0.2, 0.25) is 5.02 Å². The number of hydrogen-bond donors (Lipinski definition) is 3. The standard InChI is InChI=1S/C22H25ClN4O/c1-14(2)20(13-28)26-22-25-19(16-7-5-4-6-8-16)12-21(27-22)24-18-11-17(23)10-9-15(18)3/h4-12,14,20,28H,13H2,1-3H3,(H2,24,25,26,27)/t20-/m0/s1. The maximum atomic E-state index is 9.67. The lowest BCUT2D eigenvalue weighted by Gasteiger charge is -2.21. The second kappa shape index (κ2) is 9.04. The molecular formula is C22H25ClN4O. The van der Waals surface area contributed by atoms with Crippen LogP contribution in [0.4, 0.5) is 17.5 Å². The van der Waals surface area contributed by atoms with Crippen molar-refractivity contribution < 1.29 is 5.11 Å². The van der Waals surface area contributed by atoms with Gasteiger partial charge in [0.2, 0.25) is 5.95 Å². The summed E-state index contributed by atoms with van der Waals surface area (Å²) in [5, 5.41) is 16.9. The van der Waals surface area contributed by atoms with E-state index in [2.05, 4.69) is 20.6 Å². The molecule has 2 aromatic carbocycles. The summed E-state index contributed by atoms with van der Waals surface area (Å²) in [6.45, 7) is 6.11. The topological polar surface area (TPSA) is 70.1 Å². The van der Waals surface area contributed by atoms with Crippen LogP contribution in [-0.4, -0.2) is 27.7 Å². The van der Waals surface area contributed by atoms with Crippen LogP contribution in [0.1, 0.15) is 19.4 Å². The van der Waals surface area contributed by atoms with E-state index in [0.29, 0.717) is 16.8 Å². The van der Waals surface area contributed by atoms with Crippen LogP contribution < -0.4 is 10.6 Å². The Balaban J connectivity index is 2.00. The smallest absolute Gasteiger partial charge is 0.225 e. The number of aryl methyl sites for hydroxylation is 1. The van der Waals surface area contributed by atoms with E-state index in [-0.39, 0.29) is 18.6 Å². The first-order valence-electron chi connectivity index (χ1n) is 9.31. The first kappa shape index (κ1) is 20.1. The summed E-state index contributed by atoms with van der Waals surface area (Å²) in [6.07, 6.45) is 0. The van der Waals surface area contributed by atoms with Crippen molar-refractivity contribution in [2.75, 3.05) is 17.2 Å². The van der Waals surface area contributed by atoms with Gasteiger partial charge in [-0.05, 0) is 30.5 Å².